The number of hydrogen-bond donors (Lipinski definition) is 1. The molecule has 2 aliphatic heterocycles. The average Bonchev–Trinajstić information content (AvgIpc) is 3.10. The summed E-state index contributed by atoms with van der Waals surface area (Å²) in [5.74, 6) is 0.787. The molecule has 0 aliphatic carbocycles. The molecule has 26 heavy (non-hydrogen) atoms. The van der Waals surface area contributed by atoms with Gasteiger partial charge in [-0.25, -0.2) is 0 Å². The van der Waals surface area contributed by atoms with E-state index in [1.165, 1.54) is 5.69 Å². The maximum absolute atomic E-state index is 12.3. The minimum atomic E-state index is 0.0528. The van der Waals surface area contributed by atoms with Gasteiger partial charge in [-0.2, -0.15) is 5.10 Å². The van der Waals surface area contributed by atoms with Crippen molar-refractivity contribution in [2.24, 2.45) is 0 Å². The number of benzene rings is 1. The fraction of sp³-hybridized carbons (Fsp3) is 0.474. The summed E-state index contributed by atoms with van der Waals surface area (Å²) in [6.45, 7) is 7.01. The average molecular weight is 355 g/mol. The largest absolute Gasteiger partial charge is 0.484 e. The molecule has 0 spiro atoms. The molecule has 1 aromatic carbocycles. The standard InChI is InChI=1S/C19H25N5O2/c25-19(15-26-18-4-2-1-3-5-18)23-10-8-22(9-11-23)14-16-12-17-13-20-6-7-24(17)21-16/h1-5,12,20H,6-11,13-15H2. The van der Waals surface area contributed by atoms with Crippen LogP contribution in [-0.4, -0.2) is 64.8 Å². The van der Waals surface area contributed by atoms with E-state index in [9.17, 15) is 4.79 Å². The normalized spacial score (nSPS) is 17.8. The maximum Gasteiger partial charge on any atom is 0.260 e. The highest BCUT2D eigenvalue weighted by Crippen LogP contribution is 2.13. The van der Waals surface area contributed by atoms with Crippen LogP contribution in [0, 0.1) is 0 Å². The number of carbonyl (C=O) groups is 1. The molecule has 1 amide bonds. The maximum atomic E-state index is 12.3. The smallest absolute Gasteiger partial charge is 0.260 e. The summed E-state index contributed by atoms with van der Waals surface area (Å²) in [5, 5.41) is 8.07. The molecule has 7 nitrogen and oxygen atoms in total. The Hall–Kier alpha value is -2.38. The van der Waals surface area contributed by atoms with Gasteiger partial charge in [0.25, 0.3) is 5.91 Å². The Bertz CT molecular complexity index is 714. The van der Waals surface area contributed by atoms with Crippen molar-refractivity contribution in [2.45, 2.75) is 19.6 Å². The predicted octanol–water partition coefficient (Wildman–Crippen LogP) is 0.710. The molecule has 0 saturated carbocycles. The lowest BCUT2D eigenvalue weighted by molar-refractivity contribution is -0.135. The van der Waals surface area contributed by atoms with Gasteiger partial charge < -0.3 is 15.0 Å². The molecule has 4 rings (SSSR count). The number of aromatic nitrogens is 2. The second-order valence-corrected chi connectivity index (χ2v) is 6.79. The monoisotopic (exact) mass is 355 g/mol. The third-order valence-electron chi connectivity index (χ3n) is 4.94. The number of carbonyl (C=O) groups excluding carboxylic acids is 1. The fourth-order valence-corrected chi connectivity index (χ4v) is 3.47. The van der Waals surface area contributed by atoms with Gasteiger partial charge in [0.05, 0.1) is 17.9 Å². The molecule has 0 radical (unpaired) electrons. The number of nitrogens with zero attached hydrogens (tertiary/aromatic N) is 4. The molecule has 1 fully saturated rings. The Kier molecular flexibility index (Phi) is 5.17. The van der Waals surface area contributed by atoms with Crippen LogP contribution in [0.2, 0.25) is 0 Å². The van der Waals surface area contributed by atoms with Crippen LogP contribution in [0.4, 0.5) is 0 Å². The summed E-state index contributed by atoms with van der Waals surface area (Å²) in [6.07, 6.45) is 0. The molecule has 0 unspecified atom stereocenters. The lowest BCUT2D eigenvalue weighted by atomic mass is 10.2. The van der Waals surface area contributed by atoms with E-state index in [1.807, 2.05) is 35.2 Å². The van der Waals surface area contributed by atoms with E-state index in [4.69, 9.17) is 9.84 Å². The number of piperazine rings is 1. The van der Waals surface area contributed by atoms with Crippen molar-refractivity contribution in [1.29, 1.82) is 0 Å². The molecular formula is C19H25N5O2. The zero-order valence-electron chi connectivity index (χ0n) is 14.9. The lowest BCUT2D eigenvalue weighted by Crippen LogP contribution is -2.49. The van der Waals surface area contributed by atoms with Crippen LogP contribution in [0.1, 0.15) is 11.4 Å². The van der Waals surface area contributed by atoms with Crippen LogP contribution in [0.3, 0.4) is 0 Å². The summed E-state index contributed by atoms with van der Waals surface area (Å²) >= 11 is 0. The second-order valence-electron chi connectivity index (χ2n) is 6.79. The molecule has 0 atom stereocenters. The highest BCUT2D eigenvalue weighted by molar-refractivity contribution is 5.77. The van der Waals surface area contributed by atoms with Gasteiger partial charge in [-0.1, -0.05) is 18.2 Å². The van der Waals surface area contributed by atoms with E-state index in [2.05, 4.69) is 21.0 Å². The van der Waals surface area contributed by atoms with Gasteiger partial charge in [0, 0.05) is 45.8 Å². The van der Waals surface area contributed by atoms with Gasteiger partial charge in [-0.15, -0.1) is 0 Å². The Morgan fingerprint density at radius 2 is 1.92 bits per heavy atom. The van der Waals surface area contributed by atoms with Crippen LogP contribution >= 0.6 is 0 Å². The fourth-order valence-electron chi connectivity index (χ4n) is 3.47. The molecule has 0 bridgehead atoms. The van der Waals surface area contributed by atoms with Crippen molar-refractivity contribution >= 4 is 5.91 Å². The minimum absolute atomic E-state index is 0.0528. The zero-order valence-corrected chi connectivity index (χ0v) is 14.9. The van der Waals surface area contributed by atoms with Crippen molar-refractivity contribution in [3.8, 4) is 5.75 Å². The number of ether oxygens (including phenoxy) is 1. The number of fused-ring (bicyclic) bond motifs is 1. The molecule has 1 saturated heterocycles. The highest BCUT2D eigenvalue weighted by atomic mass is 16.5. The zero-order chi connectivity index (χ0) is 17.8. The van der Waals surface area contributed by atoms with Crippen molar-refractivity contribution in [3.63, 3.8) is 0 Å². The first-order valence-electron chi connectivity index (χ1n) is 9.22. The SMILES string of the molecule is O=C(COc1ccccc1)N1CCN(Cc2cc3n(n2)CCNC3)CC1. The summed E-state index contributed by atoms with van der Waals surface area (Å²) in [4.78, 5) is 16.6. The Morgan fingerprint density at radius 1 is 1.12 bits per heavy atom. The first kappa shape index (κ1) is 17.1. The van der Waals surface area contributed by atoms with Gasteiger partial charge in [0.1, 0.15) is 5.75 Å². The molecule has 1 aromatic heterocycles. The van der Waals surface area contributed by atoms with E-state index in [1.54, 1.807) is 0 Å². The number of rotatable bonds is 5. The molecule has 1 N–H and O–H groups in total. The molecule has 7 heteroatoms. The Morgan fingerprint density at radius 3 is 2.69 bits per heavy atom. The van der Waals surface area contributed by atoms with Crippen LogP contribution in [0.15, 0.2) is 36.4 Å². The van der Waals surface area contributed by atoms with E-state index in [0.717, 1.165) is 63.8 Å². The number of amides is 1. The van der Waals surface area contributed by atoms with E-state index in [0.29, 0.717) is 0 Å². The first-order valence-corrected chi connectivity index (χ1v) is 9.22. The summed E-state index contributed by atoms with van der Waals surface area (Å²) in [5.41, 5.74) is 2.38. The summed E-state index contributed by atoms with van der Waals surface area (Å²) in [6, 6.07) is 11.7. The topological polar surface area (TPSA) is 62.6 Å². The van der Waals surface area contributed by atoms with E-state index < -0.39 is 0 Å². The van der Waals surface area contributed by atoms with Crippen molar-refractivity contribution in [2.75, 3.05) is 39.3 Å². The van der Waals surface area contributed by atoms with Gasteiger partial charge >= 0.3 is 0 Å². The van der Waals surface area contributed by atoms with Crippen LogP contribution in [0.5, 0.6) is 5.75 Å². The van der Waals surface area contributed by atoms with Gasteiger partial charge in [-0.3, -0.25) is 14.4 Å². The van der Waals surface area contributed by atoms with Gasteiger partial charge in [0.15, 0.2) is 6.61 Å². The van der Waals surface area contributed by atoms with Crippen LogP contribution in [-0.2, 0) is 24.4 Å². The first-order chi connectivity index (χ1) is 12.8. The quantitative estimate of drug-likeness (QED) is 0.856. The molecule has 2 aliphatic rings. The molecule has 3 heterocycles. The van der Waals surface area contributed by atoms with Crippen molar-refractivity contribution < 1.29 is 9.53 Å². The van der Waals surface area contributed by atoms with E-state index >= 15 is 0 Å². The Labute approximate surface area is 153 Å². The van der Waals surface area contributed by atoms with Crippen LogP contribution in [0.25, 0.3) is 0 Å². The summed E-state index contributed by atoms with van der Waals surface area (Å²) < 4.78 is 7.67. The summed E-state index contributed by atoms with van der Waals surface area (Å²) in [7, 11) is 0. The lowest BCUT2D eigenvalue weighted by Gasteiger charge is -2.34. The molecule has 138 valence electrons. The van der Waals surface area contributed by atoms with Crippen molar-refractivity contribution in [3.05, 3.63) is 47.8 Å². The number of hydrogen-bond acceptors (Lipinski definition) is 5. The number of nitrogens with one attached hydrogen (secondary N) is 1. The second kappa shape index (κ2) is 7.88. The third kappa shape index (κ3) is 4.05. The minimum Gasteiger partial charge on any atom is -0.484 e. The number of para-hydroxylation sites is 1. The third-order valence-corrected chi connectivity index (χ3v) is 4.94. The van der Waals surface area contributed by atoms with Gasteiger partial charge in [0.2, 0.25) is 0 Å². The predicted molar refractivity (Wildman–Crippen MR) is 97.7 cm³/mol. The Balaban J connectivity index is 1.23. The molecular weight excluding hydrogens is 330 g/mol. The van der Waals surface area contributed by atoms with Crippen molar-refractivity contribution in [1.82, 2.24) is 24.9 Å². The molecule has 2 aromatic rings. The highest BCUT2D eigenvalue weighted by Gasteiger charge is 2.22. The van der Waals surface area contributed by atoms with E-state index in [-0.39, 0.29) is 12.5 Å². The van der Waals surface area contributed by atoms with Gasteiger partial charge in [-0.05, 0) is 18.2 Å². The van der Waals surface area contributed by atoms with Crippen LogP contribution < -0.4 is 10.1 Å².